The average Bonchev–Trinajstić information content (AvgIpc) is 3.29. The van der Waals surface area contributed by atoms with E-state index in [9.17, 15) is 9.59 Å². The van der Waals surface area contributed by atoms with E-state index in [4.69, 9.17) is 4.74 Å². The first-order valence-corrected chi connectivity index (χ1v) is 11.1. The average molecular weight is 436 g/mol. The SMILES string of the molecule is COc1cccc(CN2CCCN(c3ccc(NC(=O)Cc4cccs4)cc3)C2=O)c1. The van der Waals surface area contributed by atoms with Crippen LogP contribution in [0, 0.1) is 0 Å². The zero-order valence-electron chi connectivity index (χ0n) is 17.4. The Kier molecular flexibility index (Phi) is 6.52. The van der Waals surface area contributed by atoms with Crippen LogP contribution in [-0.4, -0.2) is 37.0 Å². The molecule has 0 bridgehead atoms. The van der Waals surface area contributed by atoms with Crippen molar-refractivity contribution in [3.05, 3.63) is 76.5 Å². The summed E-state index contributed by atoms with van der Waals surface area (Å²) in [7, 11) is 1.64. The lowest BCUT2D eigenvalue weighted by Crippen LogP contribution is -2.49. The van der Waals surface area contributed by atoms with E-state index in [-0.39, 0.29) is 11.9 Å². The van der Waals surface area contributed by atoms with Gasteiger partial charge in [-0.3, -0.25) is 9.69 Å². The highest BCUT2D eigenvalue weighted by atomic mass is 32.1. The van der Waals surface area contributed by atoms with Gasteiger partial charge in [0.15, 0.2) is 0 Å². The number of hydrogen-bond donors (Lipinski definition) is 1. The Morgan fingerprint density at radius 3 is 2.68 bits per heavy atom. The van der Waals surface area contributed by atoms with E-state index in [0.29, 0.717) is 19.5 Å². The fourth-order valence-electron chi connectivity index (χ4n) is 3.66. The predicted octanol–water partition coefficient (Wildman–Crippen LogP) is 4.77. The molecule has 31 heavy (non-hydrogen) atoms. The molecule has 1 aliphatic rings. The van der Waals surface area contributed by atoms with Crippen molar-refractivity contribution in [3.63, 3.8) is 0 Å². The largest absolute Gasteiger partial charge is 0.497 e. The Morgan fingerprint density at radius 1 is 1.10 bits per heavy atom. The van der Waals surface area contributed by atoms with Crippen molar-refractivity contribution in [2.45, 2.75) is 19.4 Å². The quantitative estimate of drug-likeness (QED) is 0.581. The first-order chi connectivity index (χ1) is 15.1. The summed E-state index contributed by atoms with van der Waals surface area (Å²) in [5.41, 5.74) is 2.60. The third-order valence-corrected chi connectivity index (χ3v) is 6.07. The molecule has 2 heterocycles. The van der Waals surface area contributed by atoms with Gasteiger partial charge in [0.25, 0.3) is 0 Å². The lowest BCUT2D eigenvalue weighted by atomic mass is 10.1. The van der Waals surface area contributed by atoms with Crippen LogP contribution in [0.2, 0.25) is 0 Å². The van der Waals surface area contributed by atoms with Crippen LogP contribution in [0.1, 0.15) is 16.9 Å². The van der Waals surface area contributed by atoms with Crippen LogP contribution in [0.15, 0.2) is 66.0 Å². The van der Waals surface area contributed by atoms with Gasteiger partial charge in [0, 0.05) is 35.9 Å². The van der Waals surface area contributed by atoms with Crippen molar-refractivity contribution in [2.75, 3.05) is 30.4 Å². The summed E-state index contributed by atoms with van der Waals surface area (Å²) < 4.78 is 5.29. The first kappa shape index (κ1) is 20.9. The van der Waals surface area contributed by atoms with Crippen LogP contribution in [0.4, 0.5) is 16.2 Å². The van der Waals surface area contributed by atoms with E-state index in [0.717, 1.165) is 40.5 Å². The molecule has 4 rings (SSSR count). The summed E-state index contributed by atoms with van der Waals surface area (Å²) in [5, 5.41) is 4.88. The van der Waals surface area contributed by atoms with Crippen LogP contribution in [0.25, 0.3) is 0 Å². The molecule has 0 spiro atoms. The van der Waals surface area contributed by atoms with Gasteiger partial charge in [-0.25, -0.2) is 4.79 Å². The van der Waals surface area contributed by atoms with Crippen LogP contribution < -0.4 is 15.0 Å². The molecule has 1 aliphatic heterocycles. The van der Waals surface area contributed by atoms with Gasteiger partial charge in [-0.15, -0.1) is 11.3 Å². The van der Waals surface area contributed by atoms with Crippen molar-refractivity contribution in [1.82, 2.24) is 4.90 Å². The van der Waals surface area contributed by atoms with Crippen molar-refractivity contribution in [2.24, 2.45) is 0 Å². The van der Waals surface area contributed by atoms with Crippen molar-refractivity contribution in [1.29, 1.82) is 0 Å². The highest BCUT2D eigenvalue weighted by Gasteiger charge is 2.26. The molecule has 0 aliphatic carbocycles. The number of benzene rings is 2. The van der Waals surface area contributed by atoms with Crippen LogP contribution in [0.3, 0.4) is 0 Å². The number of urea groups is 1. The molecule has 0 radical (unpaired) electrons. The van der Waals surface area contributed by atoms with E-state index in [1.54, 1.807) is 23.3 Å². The van der Waals surface area contributed by atoms with E-state index < -0.39 is 0 Å². The molecule has 160 valence electrons. The highest BCUT2D eigenvalue weighted by Crippen LogP contribution is 2.24. The number of nitrogens with one attached hydrogen (secondary N) is 1. The normalized spacial score (nSPS) is 13.9. The molecular weight excluding hydrogens is 410 g/mol. The number of anilines is 2. The topological polar surface area (TPSA) is 61.9 Å². The minimum atomic E-state index is -0.0475. The second-order valence-electron chi connectivity index (χ2n) is 7.41. The van der Waals surface area contributed by atoms with E-state index >= 15 is 0 Å². The van der Waals surface area contributed by atoms with Gasteiger partial charge in [0.1, 0.15) is 5.75 Å². The van der Waals surface area contributed by atoms with Crippen molar-refractivity contribution < 1.29 is 14.3 Å². The molecule has 3 amide bonds. The minimum Gasteiger partial charge on any atom is -0.497 e. The number of hydrogen-bond acceptors (Lipinski definition) is 4. The number of rotatable bonds is 7. The number of amides is 3. The van der Waals surface area contributed by atoms with Gasteiger partial charge < -0.3 is 15.0 Å². The Labute approximate surface area is 186 Å². The summed E-state index contributed by atoms with van der Waals surface area (Å²) in [6, 6.07) is 19.1. The predicted molar refractivity (Wildman–Crippen MR) is 124 cm³/mol. The smallest absolute Gasteiger partial charge is 0.324 e. The maximum atomic E-state index is 13.1. The zero-order valence-corrected chi connectivity index (χ0v) is 18.2. The third kappa shape index (κ3) is 5.24. The molecule has 3 aromatic rings. The summed E-state index contributed by atoms with van der Waals surface area (Å²) in [5.74, 6) is 0.740. The molecule has 1 aromatic heterocycles. The zero-order chi connectivity index (χ0) is 21.6. The Balaban J connectivity index is 1.39. The Morgan fingerprint density at radius 2 is 1.94 bits per heavy atom. The molecule has 6 nitrogen and oxygen atoms in total. The third-order valence-electron chi connectivity index (χ3n) is 5.20. The second-order valence-corrected chi connectivity index (χ2v) is 8.44. The number of carbonyl (C=O) groups is 2. The number of thiophene rings is 1. The maximum absolute atomic E-state index is 13.1. The molecule has 0 saturated carbocycles. The molecular formula is C24H25N3O3S. The first-order valence-electron chi connectivity index (χ1n) is 10.2. The second kappa shape index (κ2) is 9.66. The van der Waals surface area contributed by atoms with Crippen molar-refractivity contribution in [3.8, 4) is 5.75 Å². The van der Waals surface area contributed by atoms with Gasteiger partial charge >= 0.3 is 6.03 Å². The fourth-order valence-corrected chi connectivity index (χ4v) is 4.36. The Hall–Kier alpha value is -3.32. The fraction of sp³-hybridized carbons (Fsp3) is 0.250. The number of methoxy groups -OCH3 is 1. The molecule has 7 heteroatoms. The van der Waals surface area contributed by atoms with Gasteiger partial charge in [0.05, 0.1) is 13.5 Å². The number of ether oxygens (including phenoxy) is 1. The molecule has 1 saturated heterocycles. The van der Waals surface area contributed by atoms with Crippen LogP contribution in [0.5, 0.6) is 5.75 Å². The van der Waals surface area contributed by atoms with E-state index in [2.05, 4.69) is 5.32 Å². The highest BCUT2D eigenvalue weighted by molar-refractivity contribution is 7.10. The maximum Gasteiger partial charge on any atom is 0.324 e. The molecule has 0 atom stereocenters. The van der Waals surface area contributed by atoms with E-state index in [1.165, 1.54) is 0 Å². The molecule has 1 fully saturated rings. The molecule has 2 aromatic carbocycles. The van der Waals surface area contributed by atoms with Crippen molar-refractivity contribution >= 4 is 34.6 Å². The van der Waals surface area contributed by atoms with E-state index in [1.807, 2.05) is 70.9 Å². The number of carbonyl (C=O) groups excluding carboxylic acids is 2. The summed E-state index contributed by atoms with van der Waals surface area (Å²) in [6.07, 6.45) is 1.26. The van der Waals surface area contributed by atoms with Gasteiger partial charge in [0.2, 0.25) is 5.91 Å². The van der Waals surface area contributed by atoms with Gasteiger partial charge in [-0.1, -0.05) is 18.2 Å². The molecule has 1 N–H and O–H groups in total. The summed E-state index contributed by atoms with van der Waals surface area (Å²) >= 11 is 1.57. The van der Waals surface area contributed by atoms with Crippen LogP contribution >= 0.6 is 11.3 Å². The summed E-state index contributed by atoms with van der Waals surface area (Å²) in [6.45, 7) is 1.95. The van der Waals surface area contributed by atoms with Gasteiger partial charge in [-0.05, 0) is 59.8 Å². The lowest BCUT2D eigenvalue weighted by molar-refractivity contribution is -0.115. The molecule has 0 unspecified atom stereocenters. The monoisotopic (exact) mass is 435 g/mol. The lowest BCUT2D eigenvalue weighted by Gasteiger charge is -2.35. The number of nitrogens with zero attached hydrogens (tertiary/aromatic N) is 2. The Bertz CT molecular complexity index is 1030. The van der Waals surface area contributed by atoms with Crippen LogP contribution in [-0.2, 0) is 17.8 Å². The minimum absolute atomic E-state index is 0.0106. The summed E-state index contributed by atoms with van der Waals surface area (Å²) in [4.78, 5) is 30.0. The van der Waals surface area contributed by atoms with Gasteiger partial charge in [-0.2, -0.15) is 0 Å². The standard InChI is InChI=1S/C24H25N3O3S/c1-30-21-6-2-5-18(15-21)17-26-12-4-13-27(24(26)29)20-10-8-19(9-11-20)25-23(28)16-22-7-3-14-31-22/h2-3,5-11,14-15H,4,12-13,16-17H2,1H3,(H,25,28).